The second kappa shape index (κ2) is 19.5. The molecule has 4 aromatic carbocycles. The molecule has 0 N–H and O–H groups in total. The molecule has 0 radical (unpaired) electrons. The molecule has 0 fully saturated rings. The quantitative estimate of drug-likeness (QED) is 0.183. The van der Waals surface area contributed by atoms with Crippen molar-refractivity contribution in [3.8, 4) is 24.3 Å². The van der Waals surface area contributed by atoms with Crippen LogP contribution in [-0.2, 0) is 70.0 Å². The number of hydrogen-bond acceptors (Lipinski definition) is 8. The molecule has 0 unspecified atom stereocenters. The molecule has 0 amide bonds. The Morgan fingerprint density at radius 3 is 0.568 bits per heavy atom. The van der Waals surface area contributed by atoms with Gasteiger partial charge in [-0.3, -0.25) is 0 Å². The van der Waals surface area contributed by atoms with Gasteiger partial charge in [-0.05, 0) is 48.5 Å². The van der Waals surface area contributed by atoms with Crippen LogP contribution in [0.3, 0.4) is 0 Å². The van der Waals surface area contributed by atoms with E-state index in [4.69, 9.17) is 71.6 Å². The van der Waals surface area contributed by atoms with Crippen LogP contribution in [0.5, 0.6) is 0 Å². The molecule has 0 aliphatic carbocycles. The summed E-state index contributed by atoms with van der Waals surface area (Å²) >= 11 is 19.2. The Morgan fingerprint density at radius 2 is 0.459 bits per heavy atom. The predicted octanol–water partition coefficient (Wildman–Crippen LogP) is 5.85. The fourth-order valence-corrected chi connectivity index (χ4v) is 2.66. The fraction of sp³-hybridized carbons (Fsp3) is 0. The van der Waals surface area contributed by atoms with E-state index >= 15 is 0 Å². The average Bonchev–Trinajstić information content (AvgIpc) is 2.92. The van der Waals surface area contributed by atoms with Gasteiger partial charge in [0.1, 0.15) is 0 Å². The fourth-order valence-electron chi connectivity index (χ4n) is 2.12. The number of rotatable bonds is 0. The Balaban J connectivity index is 0.000000463. The van der Waals surface area contributed by atoms with Gasteiger partial charge in [-0.15, -0.1) is 0 Å². The molecular formula is C28H16N4S4Zn-2. The summed E-state index contributed by atoms with van der Waals surface area (Å²) in [5.74, 6) is 0. The van der Waals surface area contributed by atoms with Crippen molar-refractivity contribution in [3.63, 3.8) is 0 Å². The van der Waals surface area contributed by atoms with Gasteiger partial charge in [0.05, 0.1) is 46.5 Å². The Morgan fingerprint density at radius 1 is 0.324 bits per heavy atom. The van der Waals surface area contributed by atoms with Gasteiger partial charge in [0, 0.05) is 0 Å². The van der Waals surface area contributed by atoms with Crippen molar-refractivity contribution < 1.29 is 19.5 Å². The molecule has 0 heterocycles. The van der Waals surface area contributed by atoms with Gasteiger partial charge in [0.2, 0.25) is 0 Å². The van der Waals surface area contributed by atoms with Gasteiger partial charge in [-0.25, -0.2) is 0 Å². The van der Waals surface area contributed by atoms with Crippen molar-refractivity contribution in [1.82, 2.24) is 0 Å². The molecular weight excluding hydrogens is 586 g/mol. The SMILES string of the molecule is N#Cc1ccc([S-])cc1.N#Cc1ccc([S-])cc1.N#Cc1ccc([S-])cc1.N#Cc1ccc([S-])cc1.[Zn+2]. The van der Waals surface area contributed by atoms with Gasteiger partial charge in [-0.2, -0.15) is 40.6 Å². The van der Waals surface area contributed by atoms with E-state index in [-0.39, 0.29) is 19.5 Å². The molecule has 0 spiro atoms. The van der Waals surface area contributed by atoms with Crippen molar-refractivity contribution in [1.29, 1.82) is 21.0 Å². The van der Waals surface area contributed by atoms with Gasteiger partial charge in [0.25, 0.3) is 0 Å². The zero-order chi connectivity index (χ0) is 26.8. The molecule has 176 valence electrons. The van der Waals surface area contributed by atoms with E-state index in [0.717, 1.165) is 19.6 Å². The monoisotopic (exact) mass is 600 g/mol. The van der Waals surface area contributed by atoms with E-state index in [1.54, 1.807) is 97.1 Å². The van der Waals surface area contributed by atoms with Crippen molar-refractivity contribution in [3.05, 3.63) is 119 Å². The van der Waals surface area contributed by atoms with Gasteiger partial charge >= 0.3 is 19.5 Å². The molecule has 0 aromatic heterocycles. The van der Waals surface area contributed by atoms with Crippen LogP contribution in [0.2, 0.25) is 0 Å². The first-order chi connectivity index (χ1) is 17.3. The van der Waals surface area contributed by atoms with Crippen LogP contribution in [-0.4, -0.2) is 0 Å². The third kappa shape index (κ3) is 15.1. The topological polar surface area (TPSA) is 95.2 Å². The summed E-state index contributed by atoms with van der Waals surface area (Å²) < 4.78 is 0. The zero-order valence-corrected chi connectivity index (χ0v) is 25.6. The van der Waals surface area contributed by atoms with Crippen molar-refractivity contribution in [2.24, 2.45) is 0 Å². The number of nitriles is 4. The first kappa shape index (κ1) is 33.3. The number of hydrogen-bond donors (Lipinski definition) is 0. The van der Waals surface area contributed by atoms with Gasteiger partial charge < -0.3 is 50.5 Å². The summed E-state index contributed by atoms with van der Waals surface area (Å²) in [4.78, 5) is 3.09. The molecule has 0 saturated carbocycles. The minimum Gasteiger partial charge on any atom is -0.780 e. The van der Waals surface area contributed by atoms with Crippen LogP contribution < -0.4 is 0 Å². The predicted molar refractivity (Wildman–Crippen MR) is 147 cm³/mol. The summed E-state index contributed by atoms with van der Waals surface area (Å²) in [5, 5.41) is 33.4. The maximum Gasteiger partial charge on any atom is 2.00 e. The third-order valence-corrected chi connectivity index (χ3v) is 5.02. The summed E-state index contributed by atoms with van der Waals surface area (Å²) in [6, 6.07) is 35.7. The first-order valence-corrected chi connectivity index (χ1v) is 11.6. The summed E-state index contributed by atoms with van der Waals surface area (Å²) in [7, 11) is 0. The smallest absolute Gasteiger partial charge is 0.780 e. The minimum atomic E-state index is 0. The van der Waals surface area contributed by atoms with Gasteiger partial charge in [0.15, 0.2) is 0 Å². The second-order valence-electron chi connectivity index (χ2n) is 6.54. The summed E-state index contributed by atoms with van der Waals surface area (Å²) in [5.41, 5.74) is 2.62. The maximum absolute atomic E-state index is 8.34. The minimum absolute atomic E-state index is 0. The summed E-state index contributed by atoms with van der Waals surface area (Å²) in [6.45, 7) is 0. The molecule has 0 aliphatic heterocycles. The summed E-state index contributed by atoms with van der Waals surface area (Å²) in [6.07, 6.45) is 0. The van der Waals surface area contributed by atoms with Crippen LogP contribution in [0, 0.1) is 45.3 Å². The van der Waals surface area contributed by atoms with Crippen molar-refractivity contribution >= 4 is 50.5 Å². The van der Waals surface area contributed by atoms with Crippen LogP contribution >= 0.6 is 0 Å². The number of nitrogens with zero attached hydrogens (tertiary/aromatic N) is 4. The van der Waals surface area contributed by atoms with E-state index in [2.05, 4.69) is 0 Å². The van der Waals surface area contributed by atoms with E-state index in [9.17, 15) is 0 Å². The van der Waals surface area contributed by atoms with Crippen LogP contribution in [0.25, 0.3) is 0 Å². The van der Waals surface area contributed by atoms with Crippen LogP contribution in [0.1, 0.15) is 22.3 Å². The Kier molecular flexibility index (Phi) is 17.6. The molecule has 4 aromatic rings. The Hall–Kier alpha value is -3.66. The molecule has 0 saturated heterocycles. The van der Waals surface area contributed by atoms with Crippen molar-refractivity contribution in [2.45, 2.75) is 19.6 Å². The Labute approximate surface area is 252 Å². The second-order valence-corrected chi connectivity index (χ2v) is 8.43. The van der Waals surface area contributed by atoms with E-state index < -0.39 is 0 Å². The normalized spacial score (nSPS) is 8.11. The molecule has 4 rings (SSSR count). The van der Waals surface area contributed by atoms with E-state index in [0.29, 0.717) is 22.3 Å². The molecule has 4 nitrogen and oxygen atoms in total. The van der Waals surface area contributed by atoms with E-state index in [1.165, 1.54) is 0 Å². The molecule has 37 heavy (non-hydrogen) atoms. The van der Waals surface area contributed by atoms with E-state index in [1.807, 2.05) is 24.3 Å². The number of benzene rings is 4. The van der Waals surface area contributed by atoms with Crippen LogP contribution in [0.4, 0.5) is 0 Å². The first-order valence-electron chi connectivity index (χ1n) is 10.00. The standard InChI is InChI=1S/4C7H5NS.Zn/c4*8-5-6-1-3-7(9)4-2-6;/h4*1-4,9H;/q;;;;+2/p-4. The van der Waals surface area contributed by atoms with Gasteiger partial charge in [-0.1, -0.05) is 48.5 Å². The third-order valence-electron chi connectivity index (χ3n) is 3.93. The van der Waals surface area contributed by atoms with Crippen LogP contribution in [0.15, 0.2) is 117 Å². The molecule has 0 bridgehead atoms. The van der Waals surface area contributed by atoms with Crippen molar-refractivity contribution in [2.75, 3.05) is 0 Å². The average molecular weight is 602 g/mol. The molecule has 0 atom stereocenters. The Bertz CT molecular complexity index is 1160. The maximum atomic E-state index is 8.34. The largest absolute Gasteiger partial charge is 2.00 e. The molecule has 0 aliphatic rings. The zero-order valence-electron chi connectivity index (χ0n) is 19.4. The molecule has 9 heteroatoms.